The number of aliphatic hydroxyl groups is 1. The monoisotopic (exact) mass is 459 g/mol. The van der Waals surface area contributed by atoms with Crippen LogP contribution < -0.4 is 4.74 Å². The van der Waals surface area contributed by atoms with E-state index < -0.39 is 18.0 Å². The van der Waals surface area contributed by atoms with Crippen LogP contribution >= 0.6 is 0 Å². The van der Waals surface area contributed by atoms with Crippen LogP contribution in [0, 0.1) is 11.7 Å². The molecule has 3 atom stereocenters. The van der Waals surface area contributed by atoms with Crippen LogP contribution in [0.15, 0.2) is 36.5 Å². The predicted molar refractivity (Wildman–Crippen MR) is 120 cm³/mol. The normalized spacial score (nSPS) is 19.2. The van der Waals surface area contributed by atoms with Gasteiger partial charge in [-0.3, -0.25) is 9.59 Å². The second kappa shape index (κ2) is 10.7. The van der Waals surface area contributed by atoms with Crippen LogP contribution in [0.25, 0.3) is 11.1 Å². The SMILES string of the molecule is COCC(=O)N(C)C[C@H]1Oc2ncc(-c3ccccc3F)cc2C(=O)N([C@@H](C)CO)C[C@@H]1C. The molecule has 2 heterocycles. The van der Waals surface area contributed by atoms with E-state index in [4.69, 9.17) is 9.47 Å². The van der Waals surface area contributed by atoms with Crippen molar-refractivity contribution in [3.8, 4) is 17.0 Å². The number of aliphatic hydroxyl groups excluding tert-OH is 1. The van der Waals surface area contributed by atoms with Crippen LogP contribution in [0.5, 0.6) is 5.88 Å². The molecule has 1 aromatic carbocycles. The topological polar surface area (TPSA) is 92.2 Å². The number of carbonyl (C=O) groups excluding carboxylic acids is 2. The van der Waals surface area contributed by atoms with Crippen LogP contribution in [0.2, 0.25) is 0 Å². The van der Waals surface area contributed by atoms with Gasteiger partial charge in [-0.15, -0.1) is 0 Å². The summed E-state index contributed by atoms with van der Waals surface area (Å²) < 4.78 is 25.4. The molecule has 8 nitrogen and oxygen atoms in total. The third-order valence-electron chi connectivity index (χ3n) is 5.85. The summed E-state index contributed by atoms with van der Waals surface area (Å²) in [4.78, 5) is 33.1. The minimum Gasteiger partial charge on any atom is -0.472 e. The third-order valence-corrected chi connectivity index (χ3v) is 5.85. The van der Waals surface area contributed by atoms with Crippen molar-refractivity contribution >= 4 is 11.8 Å². The molecule has 0 unspecified atom stereocenters. The van der Waals surface area contributed by atoms with E-state index >= 15 is 0 Å². The minimum atomic E-state index is -0.470. The summed E-state index contributed by atoms with van der Waals surface area (Å²) in [5.74, 6) is -1.04. The molecule has 1 aliphatic rings. The molecular weight excluding hydrogens is 429 g/mol. The number of halogens is 1. The van der Waals surface area contributed by atoms with E-state index in [2.05, 4.69) is 4.98 Å². The number of methoxy groups -OCH3 is 1. The van der Waals surface area contributed by atoms with Crippen LogP contribution in [0.3, 0.4) is 0 Å². The Morgan fingerprint density at radius 2 is 2.12 bits per heavy atom. The molecule has 0 bridgehead atoms. The fourth-order valence-electron chi connectivity index (χ4n) is 3.77. The van der Waals surface area contributed by atoms with E-state index in [0.29, 0.717) is 17.7 Å². The number of likely N-dealkylation sites (N-methyl/N-ethyl adjacent to an activating group) is 1. The van der Waals surface area contributed by atoms with Gasteiger partial charge in [0.2, 0.25) is 11.8 Å². The van der Waals surface area contributed by atoms with Gasteiger partial charge in [-0.05, 0) is 19.1 Å². The van der Waals surface area contributed by atoms with E-state index in [9.17, 15) is 19.1 Å². The molecule has 9 heteroatoms. The Labute approximate surface area is 192 Å². The highest BCUT2D eigenvalue weighted by Gasteiger charge is 2.34. The summed E-state index contributed by atoms with van der Waals surface area (Å²) in [6.45, 7) is 3.97. The van der Waals surface area contributed by atoms with E-state index in [1.165, 1.54) is 24.3 Å². The molecule has 0 saturated carbocycles. The maximum atomic E-state index is 14.4. The lowest BCUT2D eigenvalue weighted by Gasteiger charge is -2.37. The van der Waals surface area contributed by atoms with Gasteiger partial charge in [0.05, 0.1) is 19.2 Å². The van der Waals surface area contributed by atoms with Crippen molar-refractivity contribution in [3.05, 3.63) is 47.9 Å². The molecule has 0 spiro atoms. The molecule has 1 aromatic heterocycles. The summed E-state index contributed by atoms with van der Waals surface area (Å²) in [7, 11) is 3.11. The smallest absolute Gasteiger partial charge is 0.259 e. The zero-order chi connectivity index (χ0) is 24.1. The number of amides is 2. The first-order chi connectivity index (χ1) is 15.8. The Hall–Kier alpha value is -3.04. The number of hydrogen-bond acceptors (Lipinski definition) is 6. The molecule has 1 aliphatic heterocycles. The molecule has 1 N–H and O–H groups in total. The van der Waals surface area contributed by atoms with E-state index in [1.54, 1.807) is 43.1 Å². The quantitative estimate of drug-likeness (QED) is 0.683. The molecule has 3 rings (SSSR count). The largest absolute Gasteiger partial charge is 0.472 e. The van der Waals surface area contributed by atoms with Crippen molar-refractivity contribution in [2.75, 3.05) is 40.5 Å². The van der Waals surface area contributed by atoms with E-state index in [-0.39, 0.29) is 48.9 Å². The zero-order valence-corrected chi connectivity index (χ0v) is 19.3. The lowest BCUT2D eigenvalue weighted by atomic mass is 9.99. The van der Waals surface area contributed by atoms with Crippen molar-refractivity contribution in [1.29, 1.82) is 0 Å². The molecular formula is C24H30FN3O5. The van der Waals surface area contributed by atoms with Gasteiger partial charge >= 0.3 is 0 Å². The summed E-state index contributed by atoms with van der Waals surface area (Å²) >= 11 is 0. The van der Waals surface area contributed by atoms with E-state index in [1.807, 2.05) is 6.92 Å². The standard InChI is InChI=1S/C24H30FN3O5/c1-15-11-28(16(2)13-29)24(31)19-9-17(18-7-5-6-8-20(18)25)10-26-23(19)33-21(15)12-27(3)22(30)14-32-4/h5-10,15-16,21,29H,11-14H2,1-4H3/t15-,16-,21+/m0/s1. The Kier molecular flexibility index (Phi) is 7.99. The van der Waals surface area contributed by atoms with Crippen LogP contribution in [-0.2, 0) is 9.53 Å². The Morgan fingerprint density at radius 1 is 1.39 bits per heavy atom. The van der Waals surface area contributed by atoms with E-state index in [0.717, 1.165) is 0 Å². The summed E-state index contributed by atoms with van der Waals surface area (Å²) in [5.41, 5.74) is 0.941. The fourth-order valence-corrected chi connectivity index (χ4v) is 3.77. The first-order valence-corrected chi connectivity index (χ1v) is 10.8. The number of fused-ring (bicyclic) bond motifs is 1. The number of carbonyl (C=O) groups is 2. The van der Waals surface area contributed by atoms with Gasteiger partial charge in [-0.2, -0.15) is 0 Å². The molecule has 0 saturated heterocycles. The number of hydrogen-bond donors (Lipinski definition) is 1. The maximum absolute atomic E-state index is 14.4. The van der Waals surface area contributed by atoms with Gasteiger partial charge in [0.1, 0.15) is 24.1 Å². The number of ether oxygens (including phenoxy) is 2. The highest BCUT2D eigenvalue weighted by molar-refractivity contribution is 5.98. The van der Waals surface area contributed by atoms with Crippen LogP contribution in [0.4, 0.5) is 4.39 Å². The van der Waals surface area contributed by atoms with Gasteiger partial charge in [-0.1, -0.05) is 25.1 Å². The molecule has 33 heavy (non-hydrogen) atoms. The Morgan fingerprint density at radius 3 is 2.79 bits per heavy atom. The van der Waals surface area contributed by atoms with Gasteiger partial charge in [0.15, 0.2) is 0 Å². The van der Waals surface area contributed by atoms with Gasteiger partial charge in [0, 0.05) is 43.9 Å². The van der Waals surface area contributed by atoms with Gasteiger partial charge < -0.3 is 24.4 Å². The van der Waals surface area contributed by atoms with Crippen LogP contribution in [-0.4, -0.2) is 84.3 Å². The maximum Gasteiger partial charge on any atom is 0.259 e. The number of nitrogens with zero attached hydrogens (tertiary/aromatic N) is 3. The summed E-state index contributed by atoms with van der Waals surface area (Å²) in [6, 6.07) is 7.37. The number of benzene rings is 1. The highest BCUT2D eigenvalue weighted by atomic mass is 19.1. The fraction of sp³-hybridized carbons (Fsp3) is 0.458. The lowest BCUT2D eigenvalue weighted by molar-refractivity contribution is -0.135. The first-order valence-electron chi connectivity index (χ1n) is 10.8. The average Bonchev–Trinajstić information content (AvgIpc) is 2.81. The molecule has 0 fully saturated rings. The number of pyridine rings is 1. The minimum absolute atomic E-state index is 0.0510. The molecule has 2 amide bonds. The van der Waals surface area contributed by atoms with Crippen molar-refractivity contribution in [2.45, 2.75) is 26.0 Å². The molecule has 0 radical (unpaired) electrons. The summed E-state index contributed by atoms with van der Waals surface area (Å²) in [5, 5.41) is 9.76. The third kappa shape index (κ3) is 5.48. The van der Waals surface area contributed by atoms with Gasteiger partial charge in [0.25, 0.3) is 5.91 Å². The Balaban J connectivity index is 2.02. The van der Waals surface area contributed by atoms with Crippen LogP contribution in [0.1, 0.15) is 24.2 Å². The first kappa shape index (κ1) is 24.6. The van der Waals surface area contributed by atoms with Crippen molar-refractivity contribution in [1.82, 2.24) is 14.8 Å². The van der Waals surface area contributed by atoms with Gasteiger partial charge in [-0.25, -0.2) is 9.37 Å². The number of rotatable bonds is 7. The second-order valence-corrected chi connectivity index (χ2v) is 8.39. The zero-order valence-electron chi connectivity index (χ0n) is 19.3. The Bertz CT molecular complexity index is 1000. The van der Waals surface area contributed by atoms with Crippen molar-refractivity contribution in [3.63, 3.8) is 0 Å². The lowest BCUT2D eigenvalue weighted by Crippen LogP contribution is -2.50. The number of aromatic nitrogens is 1. The summed E-state index contributed by atoms with van der Waals surface area (Å²) in [6.07, 6.45) is 0.996. The molecule has 2 aromatic rings. The van der Waals surface area contributed by atoms with Crippen molar-refractivity contribution in [2.24, 2.45) is 5.92 Å². The predicted octanol–water partition coefficient (Wildman–Crippen LogP) is 2.21. The molecule has 0 aliphatic carbocycles. The average molecular weight is 460 g/mol. The highest BCUT2D eigenvalue weighted by Crippen LogP contribution is 2.31. The molecule has 178 valence electrons. The second-order valence-electron chi connectivity index (χ2n) is 8.39. The van der Waals surface area contributed by atoms with Crippen molar-refractivity contribution < 1.29 is 28.6 Å².